The Labute approximate surface area is 258 Å². The summed E-state index contributed by atoms with van der Waals surface area (Å²) in [4.78, 5) is 30.4. The molecule has 1 aromatic heterocycles. The Morgan fingerprint density at radius 2 is 1.89 bits per heavy atom. The van der Waals surface area contributed by atoms with Crippen molar-refractivity contribution in [3.8, 4) is 0 Å². The molecule has 0 spiro atoms. The summed E-state index contributed by atoms with van der Waals surface area (Å²) in [5.74, 6) is -1.49. The lowest BCUT2D eigenvalue weighted by atomic mass is 9.84. The van der Waals surface area contributed by atoms with Gasteiger partial charge in [0.05, 0.1) is 11.3 Å². The molecule has 1 atom stereocenters. The number of anilines is 2. The van der Waals surface area contributed by atoms with Crippen molar-refractivity contribution in [2.45, 2.75) is 18.9 Å². The molecular formula is C32H29ClF2N8O. The van der Waals surface area contributed by atoms with Crippen LogP contribution in [0.4, 0.5) is 20.4 Å². The minimum Gasteiger partial charge on any atom is -0.341 e. The lowest BCUT2D eigenvalue weighted by Gasteiger charge is -2.22. The van der Waals surface area contributed by atoms with Crippen molar-refractivity contribution in [1.82, 2.24) is 25.1 Å². The van der Waals surface area contributed by atoms with Gasteiger partial charge in [-0.25, -0.2) is 23.7 Å². The number of nitrogens with one attached hydrogen (secondary N) is 3. The quantitative estimate of drug-likeness (QED) is 0.264. The number of carbonyl (C=O) groups is 1. The second-order valence-corrected chi connectivity index (χ2v) is 11.3. The molecule has 1 saturated heterocycles. The van der Waals surface area contributed by atoms with E-state index >= 15 is 0 Å². The second kappa shape index (κ2) is 12.1. The zero-order valence-electron chi connectivity index (χ0n) is 24.0. The molecule has 3 aliphatic rings. The lowest BCUT2D eigenvalue weighted by Crippen LogP contribution is -2.43. The Kier molecular flexibility index (Phi) is 8.07. The number of rotatable bonds is 5. The molecule has 6 rings (SSSR count). The summed E-state index contributed by atoms with van der Waals surface area (Å²) in [5, 5.41) is 14.3. The SMILES string of the molecule is CN(C)C1CCN(C(=N)NC(=O)c2cccc(Nc3ncc4c(n3)C3=CN=C(Cl)C=C(c5c(F)cccc5F)C3=CC4)c2)C1. The molecule has 9 nitrogen and oxygen atoms in total. The first-order valence-corrected chi connectivity index (χ1v) is 14.4. The molecule has 3 heterocycles. The zero-order chi connectivity index (χ0) is 31.0. The van der Waals surface area contributed by atoms with Gasteiger partial charge in [-0.1, -0.05) is 29.8 Å². The number of carbonyl (C=O) groups excluding carboxylic acids is 1. The van der Waals surface area contributed by atoms with E-state index in [9.17, 15) is 13.6 Å². The zero-order valence-corrected chi connectivity index (χ0v) is 24.8. The summed E-state index contributed by atoms with van der Waals surface area (Å²) in [7, 11) is 4.02. The number of likely N-dealkylation sites (tertiary alicyclic amines) is 1. The van der Waals surface area contributed by atoms with Crippen molar-refractivity contribution >= 4 is 51.4 Å². The predicted octanol–water partition coefficient (Wildman–Crippen LogP) is 5.36. The molecule has 3 aromatic rings. The first-order valence-electron chi connectivity index (χ1n) is 14.0. The molecule has 1 fully saturated rings. The maximum atomic E-state index is 14.8. The average Bonchev–Trinajstić information content (AvgIpc) is 3.44. The van der Waals surface area contributed by atoms with E-state index in [4.69, 9.17) is 22.0 Å². The van der Waals surface area contributed by atoms with E-state index in [1.165, 1.54) is 30.5 Å². The van der Waals surface area contributed by atoms with Crippen molar-refractivity contribution in [1.29, 1.82) is 5.41 Å². The van der Waals surface area contributed by atoms with Gasteiger partial charge < -0.3 is 15.1 Å². The van der Waals surface area contributed by atoms with E-state index in [2.05, 4.69) is 25.5 Å². The number of amides is 1. The maximum absolute atomic E-state index is 14.8. The summed E-state index contributed by atoms with van der Waals surface area (Å²) in [6.07, 6.45) is 7.88. The monoisotopic (exact) mass is 614 g/mol. The normalized spacial score (nSPS) is 17.5. The minimum absolute atomic E-state index is 0.0720. The Balaban J connectivity index is 1.22. The van der Waals surface area contributed by atoms with Crippen LogP contribution in [0.15, 0.2) is 77.6 Å². The van der Waals surface area contributed by atoms with Crippen molar-refractivity contribution < 1.29 is 13.6 Å². The topological polar surface area (TPSA) is 110 Å². The van der Waals surface area contributed by atoms with Gasteiger partial charge in [0, 0.05) is 53.9 Å². The van der Waals surface area contributed by atoms with Gasteiger partial charge in [0.2, 0.25) is 5.95 Å². The van der Waals surface area contributed by atoms with E-state index in [0.29, 0.717) is 53.6 Å². The number of likely N-dealkylation sites (N-methyl/N-ethyl adjacent to an activating group) is 1. The first-order chi connectivity index (χ1) is 21.2. The largest absolute Gasteiger partial charge is 0.341 e. The first kappa shape index (κ1) is 29.3. The number of benzene rings is 2. The molecule has 1 unspecified atom stereocenters. The van der Waals surface area contributed by atoms with Crippen molar-refractivity contribution in [3.05, 3.63) is 107 Å². The number of halogens is 3. The third-order valence-corrected chi connectivity index (χ3v) is 8.07. The highest BCUT2D eigenvalue weighted by atomic mass is 35.5. The van der Waals surface area contributed by atoms with Crippen LogP contribution in [0.25, 0.3) is 11.1 Å². The van der Waals surface area contributed by atoms with Crippen LogP contribution >= 0.6 is 11.6 Å². The van der Waals surface area contributed by atoms with E-state index in [0.717, 1.165) is 12.0 Å². The molecule has 44 heavy (non-hydrogen) atoms. The Hall–Kier alpha value is -4.74. The number of hydrogen-bond acceptors (Lipinski definition) is 7. The molecule has 12 heteroatoms. The summed E-state index contributed by atoms with van der Waals surface area (Å²) in [5.41, 5.74) is 3.46. The van der Waals surface area contributed by atoms with Gasteiger partial charge >= 0.3 is 0 Å². The minimum atomic E-state index is -0.712. The smallest absolute Gasteiger partial charge is 0.258 e. The van der Waals surface area contributed by atoms with E-state index < -0.39 is 17.5 Å². The van der Waals surface area contributed by atoms with Gasteiger partial charge in [-0.05, 0) is 74.5 Å². The van der Waals surface area contributed by atoms with Gasteiger partial charge in [-0.2, -0.15) is 0 Å². The van der Waals surface area contributed by atoms with Gasteiger partial charge in [0.15, 0.2) is 5.96 Å². The molecule has 2 aliphatic heterocycles. The molecule has 3 N–H and O–H groups in total. The van der Waals surface area contributed by atoms with Gasteiger partial charge in [-0.15, -0.1) is 0 Å². The Morgan fingerprint density at radius 1 is 1.11 bits per heavy atom. The summed E-state index contributed by atoms with van der Waals surface area (Å²) < 4.78 is 29.7. The van der Waals surface area contributed by atoms with Crippen LogP contribution in [-0.4, -0.2) is 70.0 Å². The Morgan fingerprint density at radius 3 is 2.64 bits per heavy atom. The van der Waals surface area contributed by atoms with Crippen LogP contribution in [0.5, 0.6) is 0 Å². The third-order valence-electron chi connectivity index (χ3n) is 7.86. The molecule has 0 bridgehead atoms. The van der Waals surface area contributed by atoms with Crippen LogP contribution in [0.2, 0.25) is 0 Å². The number of nitrogens with zero attached hydrogens (tertiary/aromatic N) is 5. The van der Waals surface area contributed by atoms with E-state index in [-0.39, 0.29) is 28.2 Å². The van der Waals surface area contributed by atoms with E-state index in [1.54, 1.807) is 30.5 Å². The second-order valence-electron chi connectivity index (χ2n) is 10.9. The molecule has 0 saturated carbocycles. The van der Waals surface area contributed by atoms with Gasteiger partial charge in [-0.3, -0.25) is 15.5 Å². The van der Waals surface area contributed by atoms with Crippen LogP contribution in [0, 0.1) is 17.0 Å². The summed E-state index contributed by atoms with van der Waals surface area (Å²) in [6, 6.07) is 10.9. The van der Waals surface area contributed by atoms with Crippen LogP contribution in [0.1, 0.15) is 33.6 Å². The molecule has 2 aromatic carbocycles. The number of fused-ring (bicyclic) bond motifs is 3. The number of hydrogen-bond donors (Lipinski definition) is 3. The van der Waals surface area contributed by atoms with Crippen molar-refractivity contribution in [2.24, 2.45) is 4.99 Å². The third kappa shape index (κ3) is 5.88. The summed E-state index contributed by atoms with van der Waals surface area (Å²) >= 11 is 6.29. The van der Waals surface area contributed by atoms with Crippen LogP contribution < -0.4 is 10.6 Å². The molecule has 224 valence electrons. The van der Waals surface area contributed by atoms with Crippen LogP contribution in [0.3, 0.4) is 0 Å². The summed E-state index contributed by atoms with van der Waals surface area (Å²) in [6.45, 7) is 1.39. The molecule has 1 aliphatic carbocycles. The fourth-order valence-electron chi connectivity index (χ4n) is 5.50. The molecule has 0 radical (unpaired) electrons. The highest BCUT2D eigenvalue weighted by Crippen LogP contribution is 2.41. The lowest BCUT2D eigenvalue weighted by molar-refractivity contribution is 0.0972. The predicted molar refractivity (Wildman–Crippen MR) is 168 cm³/mol. The Bertz CT molecular complexity index is 1780. The standard InChI is InChI=1S/C32H29ClF2N8O/c1-42(2)21-11-12-43(17-21)31(36)41-30(44)18-5-3-6-20(13-18)39-32-38-15-19-9-10-22-23(28-25(34)7-4-8-26(28)35)14-27(33)37-16-24(22)29(19)40-32/h3-8,10,13-16,21H,9,11-12,17H2,1-2H3,(H2,36,41,44)(H,38,39,40). The highest BCUT2D eigenvalue weighted by molar-refractivity contribution is 6.69. The van der Waals surface area contributed by atoms with Gasteiger partial charge in [0.1, 0.15) is 16.8 Å². The average molecular weight is 615 g/mol. The number of guanidine groups is 1. The fourth-order valence-corrected chi connectivity index (χ4v) is 5.66. The fraction of sp³-hybridized carbons (Fsp3) is 0.219. The maximum Gasteiger partial charge on any atom is 0.258 e. The van der Waals surface area contributed by atoms with E-state index in [1.807, 2.05) is 25.1 Å². The van der Waals surface area contributed by atoms with Crippen molar-refractivity contribution in [3.63, 3.8) is 0 Å². The van der Waals surface area contributed by atoms with Gasteiger partial charge in [0.25, 0.3) is 5.91 Å². The van der Waals surface area contributed by atoms with Crippen molar-refractivity contribution in [2.75, 3.05) is 32.5 Å². The number of aliphatic imine (C=N–C) groups is 1. The highest BCUT2D eigenvalue weighted by Gasteiger charge is 2.28. The number of allylic oxidation sites excluding steroid dienone is 5. The number of aromatic nitrogens is 2. The van der Waals surface area contributed by atoms with Crippen LogP contribution in [-0.2, 0) is 6.42 Å². The molecular weight excluding hydrogens is 586 g/mol. The molecule has 1 amide bonds.